The minimum absolute atomic E-state index is 0.225. The average Bonchev–Trinajstić information content (AvgIpc) is 3.05. The highest BCUT2D eigenvalue weighted by molar-refractivity contribution is 5.78. The molecule has 2 aromatic carbocycles. The second kappa shape index (κ2) is 9.51. The first kappa shape index (κ1) is 19.4. The van der Waals surface area contributed by atoms with E-state index in [0.29, 0.717) is 19.0 Å². The molecule has 1 aliphatic heterocycles. The molecule has 0 unspecified atom stereocenters. The summed E-state index contributed by atoms with van der Waals surface area (Å²) in [6.07, 6.45) is 3.27. The quantitative estimate of drug-likeness (QED) is 0.687. The van der Waals surface area contributed by atoms with E-state index in [4.69, 9.17) is 4.74 Å². The molecule has 4 nitrogen and oxygen atoms in total. The van der Waals surface area contributed by atoms with Crippen LogP contribution in [0.5, 0.6) is 5.75 Å². The molecule has 27 heavy (non-hydrogen) atoms. The molecular formula is C22H27FN2O2. The third kappa shape index (κ3) is 5.54. The lowest BCUT2D eigenvalue weighted by molar-refractivity contribution is -0.129. The van der Waals surface area contributed by atoms with Crippen LogP contribution < -0.4 is 10.1 Å². The van der Waals surface area contributed by atoms with Crippen molar-refractivity contribution in [2.24, 2.45) is 0 Å². The number of hydrogen-bond acceptors (Lipinski definition) is 3. The van der Waals surface area contributed by atoms with Crippen molar-refractivity contribution >= 4 is 5.91 Å². The number of rotatable bonds is 9. The fraction of sp³-hybridized carbons (Fsp3) is 0.409. The summed E-state index contributed by atoms with van der Waals surface area (Å²) >= 11 is 0. The van der Waals surface area contributed by atoms with E-state index in [9.17, 15) is 9.18 Å². The summed E-state index contributed by atoms with van der Waals surface area (Å²) in [6, 6.07) is 14.9. The Bertz CT molecular complexity index is 731. The van der Waals surface area contributed by atoms with Crippen LogP contribution in [0.15, 0.2) is 48.5 Å². The first-order chi connectivity index (χ1) is 13.2. The van der Waals surface area contributed by atoms with Gasteiger partial charge in [-0.2, -0.15) is 0 Å². The van der Waals surface area contributed by atoms with E-state index in [0.717, 1.165) is 43.7 Å². The Kier molecular flexibility index (Phi) is 6.82. The van der Waals surface area contributed by atoms with Gasteiger partial charge in [0.05, 0.1) is 7.11 Å². The molecule has 0 saturated carbocycles. The van der Waals surface area contributed by atoms with Crippen molar-refractivity contribution in [3.05, 3.63) is 65.5 Å². The van der Waals surface area contributed by atoms with E-state index in [2.05, 4.69) is 17.4 Å². The molecule has 0 bridgehead atoms. The minimum atomic E-state index is -0.225. The van der Waals surface area contributed by atoms with Crippen LogP contribution in [-0.4, -0.2) is 37.0 Å². The van der Waals surface area contributed by atoms with Gasteiger partial charge in [0.25, 0.3) is 0 Å². The largest absolute Gasteiger partial charge is 0.497 e. The monoisotopic (exact) mass is 370 g/mol. The van der Waals surface area contributed by atoms with Crippen LogP contribution in [0.25, 0.3) is 0 Å². The normalized spacial score (nSPS) is 16.7. The lowest BCUT2D eigenvalue weighted by Gasteiger charge is -2.25. The molecule has 5 heteroatoms. The number of hydrogen-bond donors (Lipinski definition) is 1. The van der Waals surface area contributed by atoms with Crippen LogP contribution in [0.3, 0.4) is 0 Å². The van der Waals surface area contributed by atoms with Gasteiger partial charge in [0.15, 0.2) is 0 Å². The first-order valence-electron chi connectivity index (χ1n) is 9.53. The molecule has 0 radical (unpaired) electrons. The summed E-state index contributed by atoms with van der Waals surface area (Å²) in [7, 11) is 1.66. The van der Waals surface area contributed by atoms with Gasteiger partial charge in [0, 0.05) is 25.6 Å². The zero-order valence-electron chi connectivity index (χ0n) is 15.8. The maximum atomic E-state index is 13.0. The van der Waals surface area contributed by atoms with Crippen molar-refractivity contribution in [1.29, 1.82) is 0 Å². The molecule has 1 fully saturated rings. The standard InChI is InChI=1S/C22H27FN2O2/c1-27-21-9-4-18(5-10-21)16-24-14-12-20-8-11-22(26)25(20)15-13-17-2-6-19(23)7-3-17/h2-7,9-10,20,24H,8,11-16H2,1H3/t20-/m0/s1. The van der Waals surface area contributed by atoms with Gasteiger partial charge in [-0.25, -0.2) is 4.39 Å². The predicted octanol–water partition coefficient (Wildman–Crippen LogP) is 3.55. The second-order valence-electron chi connectivity index (χ2n) is 6.97. The maximum absolute atomic E-state index is 13.0. The molecule has 1 N–H and O–H groups in total. The number of carbonyl (C=O) groups excluding carboxylic acids is 1. The number of halogens is 1. The van der Waals surface area contributed by atoms with E-state index >= 15 is 0 Å². The van der Waals surface area contributed by atoms with E-state index in [-0.39, 0.29) is 11.7 Å². The Hall–Kier alpha value is -2.40. The van der Waals surface area contributed by atoms with E-state index in [1.165, 1.54) is 17.7 Å². The van der Waals surface area contributed by atoms with Crippen LogP contribution in [0.4, 0.5) is 4.39 Å². The number of amides is 1. The summed E-state index contributed by atoms with van der Waals surface area (Å²) in [5.74, 6) is 0.870. The highest BCUT2D eigenvalue weighted by Crippen LogP contribution is 2.22. The van der Waals surface area contributed by atoms with Gasteiger partial charge in [-0.1, -0.05) is 24.3 Å². The molecule has 1 heterocycles. The smallest absolute Gasteiger partial charge is 0.222 e. The molecule has 0 aromatic heterocycles. The number of nitrogens with one attached hydrogen (secondary N) is 1. The molecule has 1 amide bonds. The Labute approximate surface area is 160 Å². The summed E-state index contributed by atoms with van der Waals surface area (Å²) < 4.78 is 18.2. The van der Waals surface area contributed by atoms with Crippen LogP contribution >= 0.6 is 0 Å². The predicted molar refractivity (Wildman–Crippen MR) is 104 cm³/mol. The Balaban J connectivity index is 1.42. The Morgan fingerprint density at radius 2 is 1.81 bits per heavy atom. The summed E-state index contributed by atoms with van der Waals surface area (Å²) in [6.45, 7) is 2.38. The van der Waals surface area contributed by atoms with Gasteiger partial charge in [-0.3, -0.25) is 4.79 Å². The zero-order chi connectivity index (χ0) is 19.1. The number of likely N-dealkylation sites (tertiary alicyclic amines) is 1. The number of nitrogens with zero attached hydrogens (tertiary/aromatic N) is 1. The van der Waals surface area contributed by atoms with E-state index in [1.807, 2.05) is 17.0 Å². The van der Waals surface area contributed by atoms with E-state index in [1.54, 1.807) is 19.2 Å². The van der Waals surface area contributed by atoms with Gasteiger partial charge in [0.1, 0.15) is 11.6 Å². The van der Waals surface area contributed by atoms with Crippen molar-refractivity contribution in [3.8, 4) is 5.75 Å². The average molecular weight is 370 g/mol. The third-order valence-corrected chi connectivity index (χ3v) is 5.15. The number of benzene rings is 2. The first-order valence-corrected chi connectivity index (χ1v) is 9.53. The lowest BCUT2D eigenvalue weighted by Crippen LogP contribution is -2.36. The van der Waals surface area contributed by atoms with Gasteiger partial charge >= 0.3 is 0 Å². The summed E-state index contributed by atoms with van der Waals surface area (Å²) in [5.41, 5.74) is 2.28. The maximum Gasteiger partial charge on any atom is 0.222 e. The Morgan fingerprint density at radius 1 is 1.11 bits per heavy atom. The second-order valence-corrected chi connectivity index (χ2v) is 6.97. The highest BCUT2D eigenvalue weighted by Gasteiger charge is 2.29. The highest BCUT2D eigenvalue weighted by atomic mass is 19.1. The van der Waals surface area contributed by atoms with Crippen molar-refractivity contribution in [3.63, 3.8) is 0 Å². The fourth-order valence-electron chi connectivity index (χ4n) is 3.55. The Morgan fingerprint density at radius 3 is 2.52 bits per heavy atom. The molecule has 1 aliphatic rings. The molecule has 3 rings (SSSR count). The van der Waals surface area contributed by atoms with E-state index < -0.39 is 0 Å². The minimum Gasteiger partial charge on any atom is -0.497 e. The fourth-order valence-corrected chi connectivity index (χ4v) is 3.55. The summed E-state index contributed by atoms with van der Waals surface area (Å²) in [5, 5.41) is 3.46. The molecule has 2 aromatic rings. The third-order valence-electron chi connectivity index (χ3n) is 5.15. The van der Waals surface area contributed by atoms with Crippen LogP contribution in [0, 0.1) is 5.82 Å². The zero-order valence-corrected chi connectivity index (χ0v) is 15.8. The lowest BCUT2D eigenvalue weighted by atomic mass is 10.1. The molecule has 1 saturated heterocycles. The number of ether oxygens (including phenoxy) is 1. The van der Waals surface area contributed by atoms with Crippen LogP contribution in [0.1, 0.15) is 30.4 Å². The number of methoxy groups -OCH3 is 1. The van der Waals surface area contributed by atoms with Gasteiger partial charge in [-0.05, 0) is 61.2 Å². The molecule has 1 atom stereocenters. The van der Waals surface area contributed by atoms with Crippen LogP contribution in [-0.2, 0) is 17.8 Å². The van der Waals surface area contributed by atoms with Crippen molar-refractivity contribution in [2.45, 2.75) is 38.3 Å². The number of carbonyl (C=O) groups is 1. The van der Waals surface area contributed by atoms with Crippen LogP contribution in [0.2, 0.25) is 0 Å². The van der Waals surface area contributed by atoms with Gasteiger partial charge < -0.3 is 15.0 Å². The SMILES string of the molecule is COc1ccc(CNCC[C@@H]2CCC(=O)N2CCc2ccc(F)cc2)cc1. The van der Waals surface area contributed by atoms with Gasteiger partial charge in [0.2, 0.25) is 5.91 Å². The summed E-state index contributed by atoms with van der Waals surface area (Å²) in [4.78, 5) is 14.2. The molecule has 0 aliphatic carbocycles. The van der Waals surface area contributed by atoms with Crippen molar-refractivity contribution < 1.29 is 13.9 Å². The van der Waals surface area contributed by atoms with Crippen molar-refractivity contribution in [2.75, 3.05) is 20.2 Å². The topological polar surface area (TPSA) is 41.6 Å². The molecule has 144 valence electrons. The van der Waals surface area contributed by atoms with Crippen molar-refractivity contribution in [1.82, 2.24) is 10.2 Å². The van der Waals surface area contributed by atoms with Gasteiger partial charge in [-0.15, -0.1) is 0 Å². The molecular weight excluding hydrogens is 343 g/mol. The molecule has 0 spiro atoms.